The van der Waals surface area contributed by atoms with Gasteiger partial charge in [0.2, 0.25) is 0 Å². The number of hydrogen-bond acceptors (Lipinski definition) is 6. The summed E-state index contributed by atoms with van der Waals surface area (Å²) in [5.41, 5.74) is 0. The topological polar surface area (TPSA) is 103 Å². The number of esters is 1. The molecule has 0 aliphatic carbocycles. The molecular weight excluding hydrogens is 312 g/mol. The fourth-order valence-electron chi connectivity index (χ4n) is 2.54. The second-order valence-corrected chi connectivity index (χ2v) is 5.53. The summed E-state index contributed by atoms with van der Waals surface area (Å²) < 4.78 is 11.6. The third-order valence-electron chi connectivity index (χ3n) is 3.67. The largest absolute Gasteiger partial charge is 0.469 e. The van der Waals surface area contributed by atoms with Crippen LogP contribution in [0.5, 0.6) is 0 Å². The number of rotatable bonds is 7. The van der Waals surface area contributed by atoms with Crippen LogP contribution in [-0.2, 0) is 33.8 Å². The molecular formula is C15H26N6O3. The Morgan fingerprint density at radius 2 is 2.29 bits per heavy atom. The van der Waals surface area contributed by atoms with Crippen molar-refractivity contribution >= 4 is 11.9 Å². The lowest BCUT2D eigenvalue weighted by Crippen LogP contribution is -2.47. The summed E-state index contributed by atoms with van der Waals surface area (Å²) in [7, 11) is 3.02. The first-order valence-electron chi connectivity index (χ1n) is 8.19. The van der Waals surface area contributed by atoms with E-state index < -0.39 is 0 Å². The summed E-state index contributed by atoms with van der Waals surface area (Å²) in [4.78, 5) is 20.1. The summed E-state index contributed by atoms with van der Waals surface area (Å²) >= 11 is 0. The monoisotopic (exact) mass is 338 g/mol. The third-order valence-corrected chi connectivity index (χ3v) is 3.67. The van der Waals surface area contributed by atoms with Crippen molar-refractivity contribution < 1.29 is 14.3 Å². The third kappa shape index (κ3) is 5.19. The van der Waals surface area contributed by atoms with Gasteiger partial charge in [0, 0.05) is 26.1 Å². The van der Waals surface area contributed by atoms with Gasteiger partial charge in [-0.25, -0.2) is 9.67 Å². The molecule has 0 amide bonds. The van der Waals surface area contributed by atoms with Gasteiger partial charge >= 0.3 is 5.97 Å². The van der Waals surface area contributed by atoms with Crippen LogP contribution in [0, 0.1) is 0 Å². The van der Waals surface area contributed by atoms with Crippen molar-refractivity contribution in [1.29, 1.82) is 0 Å². The molecule has 9 nitrogen and oxygen atoms in total. The van der Waals surface area contributed by atoms with Crippen LogP contribution in [0.15, 0.2) is 4.99 Å². The van der Waals surface area contributed by atoms with Crippen molar-refractivity contribution in [2.24, 2.45) is 4.99 Å². The molecule has 0 aromatic carbocycles. The highest BCUT2D eigenvalue weighted by atomic mass is 16.5. The van der Waals surface area contributed by atoms with Crippen LogP contribution in [0.3, 0.4) is 0 Å². The molecule has 2 rings (SSSR count). The molecule has 0 saturated heterocycles. The molecule has 1 aliphatic rings. The van der Waals surface area contributed by atoms with Crippen molar-refractivity contribution in [3.05, 3.63) is 11.6 Å². The first-order valence-corrected chi connectivity index (χ1v) is 8.19. The van der Waals surface area contributed by atoms with Gasteiger partial charge in [-0.2, -0.15) is 5.10 Å². The number of aliphatic imine (C=N–C) groups is 1. The molecule has 0 radical (unpaired) electrons. The van der Waals surface area contributed by atoms with Gasteiger partial charge in [0.25, 0.3) is 0 Å². The molecule has 0 fully saturated rings. The van der Waals surface area contributed by atoms with Crippen LogP contribution in [-0.4, -0.2) is 60.0 Å². The minimum atomic E-state index is -0.259. The molecule has 134 valence electrons. The Hall–Kier alpha value is -2.16. The van der Waals surface area contributed by atoms with Crippen molar-refractivity contribution in [1.82, 2.24) is 25.4 Å². The Labute approximate surface area is 141 Å². The number of fused-ring (bicyclic) bond motifs is 1. The molecule has 2 N–H and O–H groups in total. The normalized spacial score (nSPS) is 17.3. The molecule has 0 spiro atoms. The number of carbonyl (C=O) groups is 1. The summed E-state index contributed by atoms with van der Waals surface area (Å²) in [6.45, 7) is 4.30. The number of carbonyl (C=O) groups excluding carboxylic acids is 1. The van der Waals surface area contributed by atoms with Crippen LogP contribution in [0.2, 0.25) is 0 Å². The standard InChI is InChI=1S/C15H26N6O3/c1-4-16-15(17-8-7-14(22)24-3)18-11-5-6-13-19-12(10-23-2)20-21(13)9-11/h11H,4-10H2,1-3H3,(H2,16,17,18). The Morgan fingerprint density at radius 3 is 3.00 bits per heavy atom. The van der Waals surface area contributed by atoms with Crippen molar-refractivity contribution in [2.75, 3.05) is 27.3 Å². The number of ether oxygens (including phenoxy) is 2. The number of aromatic nitrogens is 3. The molecule has 1 aliphatic heterocycles. The zero-order valence-electron chi connectivity index (χ0n) is 14.5. The van der Waals surface area contributed by atoms with E-state index in [1.165, 1.54) is 7.11 Å². The Balaban J connectivity index is 1.92. The summed E-state index contributed by atoms with van der Waals surface area (Å²) in [6, 6.07) is 0.213. The van der Waals surface area contributed by atoms with Gasteiger partial charge in [0.1, 0.15) is 12.4 Å². The van der Waals surface area contributed by atoms with Crippen LogP contribution < -0.4 is 10.6 Å². The van der Waals surface area contributed by atoms with Crippen LogP contribution in [0.1, 0.15) is 31.4 Å². The van der Waals surface area contributed by atoms with E-state index in [0.717, 1.165) is 31.8 Å². The van der Waals surface area contributed by atoms with E-state index in [2.05, 4.69) is 30.4 Å². The Kier molecular flexibility index (Phi) is 6.98. The van der Waals surface area contributed by atoms with Gasteiger partial charge in [0.15, 0.2) is 11.8 Å². The fraction of sp³-hybridized carbons (Fsp3) is 0.733. The molecule has 24 heavy (non-hydrogen) atoms. The van der Waals surface area contributed by atoms with Gasteiger partial charge in [-0.3, -0.25) is 9.79 Å². The van der Waals surface area contributed by atoms with Crippen LogP contribution in [0.25, 0.3) is 0 Å². The van der Waals surface area contributed by atoms with Crippen molar-refractivity contribution in [3.8, 4) is 0 Å². The highest BCUT2D eigenvalue weighted by Crippen LogP contribution is 2.13. The second-order valence-electron chi connectivity index (χ2n) is 5.53. The molecule has 1 unspecified atom stereocenters. The van der Waals surface area contributed by atoms with Gasteiger partial charge in [-0.1, -0.05) is 0 Å². The first-order chi connectivity index (χ1) is 11.7. The molecule has 2 heterocycles. The predicted molar refractivity (Wildman–Crippen MR) is 88.6 cm³/mol. The maximum atomic E-state index is 11.2. The number of guanidine groups is 1. The number of nitrogens with zero attached hydrogens (tertiary/aromatic N) is 4. The SMILES string of the molecule is CCNC(=NCCC(=O)OC)NC1CCc2nc(COC)nn2C1. The number of nitrogens with one attached hydrogen (secondary N) is 2. The van der Waals surface area contributed by atoms with E-state index >= 15 is 0 Å². The lowest BCUT2D eigenvalue weighted by Gasteiger charge is -2.25. The molecule has 1 aromatic heterocycles. The summed E-state index contributed by atoms with van der Waals surface area (Å²) in [5.74, 6) is 2.15. The number of methoxy groups -OCH3 is 2. The Morgan fingerprint density at radius 1 is 1.46 bits per heavy atom. The van der Waals surface area contributed by atoms with Crippen LogP contribution >= 0.6 is 0 Å². The lowest BCUT2D eigenvalue weighted by atomic mass is 10.1. The van der Waals surface area contributed by atoms with Crippen molar-refractivity contribution in [2.45, 2.75) is 45.4 Å². The quantitative estimate of drug-likeness (QED) is 0.405. The smallest absolute Gasteiger partial charge is 0.307 e. The first kappa shape index (κ1) is 18.2. The predicted octanol–water partition coefficient (Wildman–Crippen LogP) is -0.142. The van der Waals surface area contributed by atoms with E-state index in [9.17, 15) is 4.79 Å². The minimum Gasteiger partial charge on any atom is -0.469 e. The van der Waals surface area contributed by atoms with Gasteiger partial charge < -0.3 is 20.1 Å². The highest BCUT2D eigenvalue weighted by Gasteiger charge is 2.22. The van der Waals surface area contributed by atoms with E-state index in [0.29, 0.717) is 24.9 Å². The van der Waals surface area contributed by atoms with E-state index in [-0.39, 0.29) is 18.4 Å². The number of aryl methyl sites for hydroxylation is 1. The second kappa shape index (κ2) is 9.21. The van der Waals surface area contributed by atoms with E-state index in [1.54, 1.807) is 7.11 Å². The Bertz CT molecular complexity index is 572. The maximum Gasteiger partial charge on any atom is 0.307 e. The lowest BCUT2D eigenvalue weighted by molar-refractivity contribution is -0.140. The van der Waals surface area contributed by atoms with Gasteiger partial charge in [0.05, 0.1) is 26.6 Å². The molecule has 0 saturated carbocycles. The van der Waals surface area contributed by atoms with Crippen LogP contribution in [0.4, 0.5) is 0 Å². The zero-order chi connectivity index (χ0) is 17.4. The van der Waals surface area contributed by atoms with Gasteiger partial charge in [-0.05, 0) is 13.3 Å². The average Bonchev–Trinajstić information content (AvgIpc) is 2.96. The molecule has 1 atom stereocenters. The summed E-state index contributed by atoms with van der Waals surface area (Å²) in [5, 5.41) is 11.0. The fourth-order valence-corrected chi connectivity index (χ4v) is 2.54. The zero-order valence-corrected chi connectivity index (χ0v) is 14.5. The molecule has 9 heteroatoms. The minimum absolute atomic E-state index is 0.213. The molecule has 1 aromatic rings. The van der Waals surface area contributed by atoms with E-state index in [4.69, 9.17) is 4.74 Å². The average molecular weight is 338 g/mol. The molecule has 0 bridgehead atoms. The van der Waals surface area contributed by atoms with E-state index in [1.807, 2.05) is 11.6 Å². The van der Waals surface area contributed by atoms with Gasteiger partial charge in [-0.15, -0.1) is 0 Å². The maximum absolute atomic E-state index is 11.2. The van der Waals surface area contributed by atoms with Crippen molar-refractivity contribution in [3.63, 3.8) is 0 Å². The summed E-state index contributed by atoms with van der Waals surface area (Å²) in [6.07, 6.45) is 2.08. The number of hydrogen-bond donors (Lipinski definition) is 2. The highest BCUT2D eigenvalue weighted by molar-refractivity contribution is 5.80.